The monoisotopic (exact) mass is 591 g/mol. The van der Waals surface area contributed by atoms with E-state index < -0.39 is 23.9 Å². The van der Waals surface area contributed by atoms with E-state index in [-0.39, 0.29) is 0 Å². The molecule has 1 aliphatic heterocycles. The van der Waals surface area contributed by atoms with Crippen molar-refractivity contribution in [2.75, 3.05) is 16.9 Å². The van der Waals surface area contributed by atoms with Crippen LogP contribution in [0.1, 0.15) is 97.6 Å². The van der Waals surface area contributed by atoms with Gasteiger partial charge in [0.1, 0.15) is 0 Å². The van der Waals surface area contributed by atoms with E-state index in [1.807, 2.05) is 5.31 Å². The second-order valence-corrected chi connectivity index (χ2v) is 17.4. The van der Waals surface area contributed by atoms with Crippen LogP contribution < -0.4 is 8.25 Å². The Morgan fingerprint density at radius 3 is 1.82 bits per heavy atom. The Balaban J connectivity index is 1.76. The van der Waals surface area contributed by atoms with Gasteiger partial charge in [0.15, 0.2) is 0 Å². The molecule has 2 aliphatic carbocycles. The van der Waals surface area contributed by atoms with Crippen LogP contribution >= 0.6 is 8.22 Å². The molecular formula is C33H48GeN3P. The maximum absolute atomic E-state index is 2.97. The summed E-state index contributed by atoms with van der Waals surface area (Å²) >= 11 is -0.566. The Bertz CT molecular complexity index is 1100. The first kappa shape index (κ1) is 28.4. The Kier molecular flexibility index (Phi) is 8.80. The molecule has 0 unspecified atom stereocenters. The fourth-order valence-electron chi connectivity index (χ4n) is 6.88. The first-order valence-electron chi connectivity index (χ1n) is 15.0. The van der Waals surface area contributed by atoms with Crippen LogP contribution in [0, 0.1) is 11.8 Å². The van der Waals surface area contributed by atoms with Crippen molar-refractivity contribution in [3.63, 3.8) is 0 Å². The van der Waals surface area contributed by atoms with E-state index in [0.29, 0.717) is 29.8 Å². The van der Waals surface area contributed by atoms with Crippen LogP contribution in [0.4, 0.5) is 5.69 Å². The predicted octanol–water partition coefficient (Wildman–Crippen LogP) is 8.07. The number of nitrogens with zero attached hydrogens (tertiary/aromatic N) is 3. The molecule has 2 fully saturated rings. The van der Waals surface area contributed by atoms with Crippen molar-refractivity contribution in [3.05, 3.63) is 70.7 Å². The van der Waals surface area contributed by atoms with Gasteiger partial charge in [0.05, 0.1) is 0 Å². The molecule has 0 spiro atoms. The summed E-state index contributed by atoms with van der Waals surface area (Å²) in [4.78, 5) is 0. The molecule has 1 saturated carbocycles. The number of anilines is 1. The van der Waals surface area contributed by atoms with Crippen molar-refractivity contribution in [2.24, 2.45) is 11.8 Å². The zero-order valence-corrected chi connectivity index (χ0v) is 27.9. The molecule has 2 aromatic carbocycles. The van der Waals surface area contributed by atoms with Gasteiger partial charge in [0.2, 0.25) is 0 Å². The van der Waals surface area contributed by atoms with Gasteiger partial charge in [-0.25, -0.2) is 0 Å². The molecule has 1 heterocycles. The third kappa shape index (κ3) is 5.30. The number of rotatable bonds is 9. The van der Waals surface area contributed by atoms with Gasteiger partial charge in [-0.05, 0) is 0 Å². The summed E-state index contributed by atoms with van der Waals surface area (Å²) in [6.07, 6.45) is 4.14. The van der Waals surface area contributed by atoms with Crippen LogP contribution in [0.2, 0.25) is 0 Å². The van der Waals surface area contributed by atoms with Gasteiger partial charge in [-0.2, -0.15) is 0 Å². The topological polar surface area (TPSA) is 9.72 Å². The zero-order valence-electron chi connectivity index (χ0n) is 24.9. The standard InChI is InChI=1S/C33H48GeN3P/c1-22(2)29-15-12-16-30(23(3)4)32(29)37(34-28-13-10-9-11-14-28)31-26-17-18-27(21-26)33(31)38-35(24(5)6)19-20-36(38)25(7)8/h9-16,22-27H,17-21H2,1-8H3/t26-,27+/m1/s1. The second-order valence-electron chi connectivity index (χ2n) is 12.7. The molecule has 2 bridgehead atoms. The van der Waals surface area contributed by atoms with Crippen molar-refractivity contribution < 1.29 is 0 Å². The molecule has 2 radical (unpaired) electrons. The van der Waals surface area contributed by atoms with E-state index in [1.165, 1.54) is 47.9 Å². The molecule has 0 N–H and O–H groups in total. The zero-order chi connectivity index (χ0) is 27.1. The number of hydrogen-bond acceptors (Lipinski definition) is 3. The summed E-state index contributed by atoms with van der Waals surface area (Å²) < 4.78 is 10.3. The summed E-state index contributed by atoms with van der Waals surface area (Å²) in [5.41, 5.74) is 6.38. The third-order valence-electron chi connectivity index (χ3n) is 8.74. The van der Waals surface area contributed by atoms with Gasteiger partial charge >= 0.3 is 241 Å². The molecule has 38 heavy (non-hydrogen) atoms. The molecule has 204 valence electrons. The summed E-state index contributed by atoms with van der Waals surface area (Å²) in [7, 11) is -0.429. The van der Waals surface area contributed by atoms with Gasteiger partial charge in [0, 0.05) is 0 Å². The number of fused-ring (bicyclic) bond motifs is 2. The van der Waals surface area contributed by atoms with Gasteiger partial charge < -0.3 is 0 Å². The molecular weight excluding hydrogens is 542 g/mol. The molecule has 2 aromatic rings. The normalized spacial score (nSPS) is 22.8. The van der Waals surface area contributed by atoms with E-state index >= 15 is 0 Å². The molecule has 2 atom stereocenters. The van der Waals surface area contributed by atoms with Crippen LogP contribution in [0.3, 0.4) is 0 Å². The second kappa shape index (κ2) is 11.8. The van der Waals surface area contributed by atoms with Gasteiger partial charge in [-0.3, -0.25) is 0 Å². The summed E-state index contributed by atoms with van der Waals surface area (Å²) in [6.45, 7) is 21.7. The Labute approximate surface area is 240 Å². The number of para-hydroxylation sites is 1. The predicted molar refractivity (Wildman–Crippen MR) is 167 cm³/mol. The van der Waals surface area contributed by atoms with E-state index in [2.05, 4.69) is 117 Å². The van der Waals surface area contributed by atoms with E-state index in [9.17, 15) is 0 Å². The van der Waals surface area contributed by atoms with Gasteiger partial charge in [0.25, 0.3) is 0 Å². The van der Waals surface area contributed by atoms with E-state index in [4.69, 9.17) is 0 Å². The summed E-state index contributed by atoms with van der Waals surface area (Å²) in [5, 5.41) is 1.85. The fraction of sp³-hybridized carbons (Fsp3) is 0.576. The van der Waals surface area contributed by atoms with Crippen LogP contribution in [0.15, 0.2) is 59.5 Å². The van der Waals surface area contributed by atoms with Gasteiger partial charge in [-0.1, -0.05) is 0 Å². The molecule has 5 heteroatoms. The molecule has 3 aliphatic rings. The van der Waals surface area contributed by atoms with Crippen molar-refractivity contribution >= 4 is 34.0 Å². The van der Waals surface area contributed by atoms with E-state index in [1.54, 1.807) is 11.4 Å². The first-order valence-corrected chi connectivity index (χ1v) is 18.2. The minimum atomic E-state index is -0.566. The summed E-state index contributed by atoms with van der Waals surface area (Å²) in [6, 6.07) is 19.8. The van der Waals surface area contributed by atoms with Crippen LogP contribution in [0.5, 0.6) is 0 Å². The van der Waals surface area contributed by atoms with Crippen LogP contribution in [-0.2, 0) is 0 Å². The third-order valence-corrected chi connectivity index (χ3v) is 14.7. The number of allylic oxidation sites excluding steroid dienone is 2. The van der Waals surface area contributed by atoms with Crippen molar-refractivity contribution in [2.45, 2.75) is 98.6 Å². The summed E-state index contributed by atoms with van der Waals surface area (Å²) in [5.74, 6) is 2.49. The SMILES string of the molecule is CC(C)c1cccc(C(C)C)c1[N]([Ge][c]1ccccc1)C1=C(P2N(C(C)C)CCN2C(C)C)[C@H]2CC[C@@H]1C2. The van der Waals surface area contributed by atoms with Crippen molar-refractivity contribution in [1.29, 1.82) is 0 Å². The molecule has 5 rings (SSSR count). The van der Waals surface area contributed by atoms with Crippen LogP contribution in [0.25, 0.3) is 0 Å². The molecule has 1 saturated heterocycles. The fourth-order valence-corrected chi connectivity index (χ4v) is 13.3. The molecule has 3 nitrogen and oxygen atoms in total. The average molecular weight is 590 g/mol. The Morgan fingerprint density at radius 2 is 1.29 bits per heavy atom. The number of benzene rings is 2. The van der Waals surface area contributed by atoms with Crippen molar-refractivity contribution in [1.82, 2.24) is 9.34 Å². The Morgan fingerprint density at radius 1 is 0.737 bits per heavy atom. The number of hydrogen-bond donors (Lipinski definition) is 0. The van der Waals surface area contributed by atoms with Crippen molar-refractivity contribution in [3.8, 4) is 0 Å². The minimum absolute atomic E-state index is 0.429. The average Bonchev–Trinajstić information content (AvgIpc) is 3.62. The quantitative estimate of drug-likeness (QED) is 0.216. The van der Waals surface area contributed by atoms with E-state index in [0.717, 1.165) is 5.92 Å². The Hall–Kier alpha value is -1.13. The first-order chi connectivity index (χ1) is 18.2. The molecule has 0 amide bonds. The van der Waals surface area contributed by atoms with Crippen LogP contribution in [-0.4, -0.2) is 50.2 Å². The molecule has 0 aromatic heterocycles. The van der Waals surface area contributed by atoms with Gasteiger partial charge in [-0.15, -0.1) is 0 Å². The maximum atomic E-state index is 2.97.